The van der Waals surface area contributed by atoms with Crippen LogP contribution in [0.2, 0.25) is 0 Å². The number of rotatable bonds is 3. The minimum atomic E-state index is -3.12. The quantitative estimate of drug-likeness (QED) is 0.838. The van der Waals surface area contributed by atoms with Crippen molar-refractivity contribution in [2.45, 2.75) is 44.9 Å². The molecule has 2 atom stereocenters. The lowest BCUT2D eigenvalue weighted by molar-refractivity contribution is 0.0950. The van der Waals surface area contributed by atoms with E-state index in [1.165, 1.54) is 0 Å². The molecular weight excluding hydrogens is 278 g/mol. The van der Waals surface area contributed by atoms with E-state index in [2.05, 4.69) is 31.0 Å². The molecule has 1 aliphatic heterocycles. The smallest absolute Gasteiger partial charge is 0.154 e. The second-order valence-corrected chi connectivity index (χ2v) is 8.81. The highest BCUT2D eigenvalue weighted by molar-refractivity contribution is 7.91. The summed E-state index contributed by atoms with van der Waals surface area (Å²) in [6.07, 6.45) is -0.810. The van der Waals surface area contributed by atoms with Gasteiger partial charge in [-0.3, -0.25) is 10.00 Å². The third-order valence-corrected chi connectivity index (χ3v) is 5.38. The molecule has 1 aromatic heterocycles. The Morgan fingerprint density at radius 1 is 1.45 bits per heavy atom. The summed E-state index contributed by atoms with van der Waals surface area (Å²) >= 11 is 0. The maximum absolute atomic E-state index is 11.5. The van der Waals surface area contributed by atoms with Gasteiger partial charge in [-0.2, -0.15) is 5.10 Å². The summed E-state index contributed by atoms with van der Waals surface area (Å²) in [5, 5.41) is 17.1. The fraction of sp³-hybridized carbons (Fsp3) is 0.769. The molecule has 0 amide bonds. The number of aliphatic hydroxyl groups is 1. The van der Waals surface area contributed by atoms with Gasteiger partial charge in [0, 0.05) is 17.7 Å². The zero-order chi connectivity index (χ0) is 15.1. The molecule has 6 nitrogen and oxygen atoms in total. The van der Waals surface area contributed by atoms with E-state index < -0.39 is 15.9 Å². The Balaban J connectivity index is 2.05. The van der Waals surface area contributed by atoms with E-state index in [-0.39, 0.29) is 23.0 Å². The number of likely N-dealkylation sites (N-methyl/N-ethyl adjacent to an activating group) is 1. The second-order valence-electron chi connectivity index (χ2n) is 6.66. The van der Waals surface area contributed by atoms with Crippen molar-refractivity contribution in [3.8, 4) is 0 Å². The Morgan fingerprint density at radius 2 is 2.10 bits per heavy atom. The van der Waals surface area contributed by atoms with Crippen LogP contribution in [0, 0.1) is 0 Å². The number of H-pyrrole nitrogens is 1. The standard InChI is InChI=1S/C13H23N3O3S/c1-13(2,3)12-5-9(14-15-12)6-16(4)10-7-20(18,19)8-11(10)17/h5,10-11,17H,6-8H2,1-4H3,(H,14,15)/t10-,11-/m1/s1. The molecule has 20 heavy (non-hydrogen) atoms. The molecule has 2 heterocycles. The van der Waals surface area contributed by atoms with Gasteiger partial charge in [0.1, 0.15) is 0 Å². The van der Waals surface area contributed by atoms with Gasteiger partial charge in [0.15, 0.2) is 9.84 Å². The predicted octanol–water partition coefficient (Wildman–Crippen LogP) is 0.297. The van der Waals surface area contributed by atoms with Crippen LogP contribution in [0.5, 0.6) is 0 Å². The molecule has 0 saturated carbocycles. The Morgan fingerprint density at radius 3 is 2.55 bits per heavy atom. The molecule has 7 heteroatoms. The van der Waals surface area contributed by atoms with Crippen LogP contribution < -0.4 is 0 Å². The van der Waals surface area contributed by atoms with Crippen LogP contribution in [0.15, 0.2) is 6.07 Å². The number of aromatic nitrogens is 2. The van der Waals surface area contributed by atoms with Crippen molar-refractivity contribution in [1.82, 2.24) is 15.1 Å². The molecule has 1 saturated heterocycles. The zero-order valence-electron chi connectivity index (χ0n) is 12.4. The third kappa shape index (κ3) is 3.39. The highest BCUT2D eigenvalue weighted by atomic mass is 32.2. The number of aromatic amines is 1. The minimum absolute atomic E-state index is 0.0188. The summed E-state index contributed by atoms with van der Waals surface area (Å²) in [5.74, 6) is -0.122. The molecular formula is C13H23N3O3S. The second kappa shape index (κ2) is 5.13. The lowest BCUT2D eigenvalue weighted by Gasteiger charge is -2.25. The van der Waals surface area contributed by atoms with Crippen LogP contribution in [-0.2, 0) is 21.8 Å². The van der Waals surface area contributed by atoms with Crippen molar-refractivity contribution in [2.75, 3.05) is 18.6 Å². The normalized spacial score (nSPS) is 26.3. The van der Waals surface area contributed by atoms with E-state index in [4.69, 9.17) is 0 Å². The van der Waals surface area contributed by atoms with Crippen molar-refractivity contribution < 1.29 is 13.5 Å². The van der Waals surface area contributed by atoms with Crippen LogP contribution in [0.25, 0.3) is 0 Å². The first kappa shape index (κ1) is 15.5. The molecule has 2 rings (SSSR count). The number of nitrogens with zero attached hydrogens (tertiary/aromatic N) is 2. The molecule has 0 aromatic carbocycles. The Labute approximate surface area is 120 Å². The summed E-state index contributed by atoms with van der Waals surface area (Å²) in [5.41, 5.74) is 1.87. The van der Waals surface area contributed by atoms with Gasteiger partial charge >= 0.3 is 0 Å². The molecule has 0 spiro atoms. The first-order valence-electron chi connectivity index (χ1n) is 6.72. The topological polar surface area (TPSA) is 86.3 Å². The highest BCUT2D eigenvalue weighted by Gasteiger charge is 2.38. The van der Waals surface area contributed by atoms with Gasteiger partial charge in [0.2, 0.25) is 0 Å². The van der Waals surface area contributed by atoms with E-state index in [0.29, 0.717) is 6.54 Å². The van der Waals surface area contributed by atoms with Crippen molar-refractivity contribution >= 4 is 9.84 Å². The summed E-state index contributed by atoms with van der Waals surface area (Å²) in [4.78, 5) is 1.87. The molecule has 1 fully saturated rings. The maximum Gasteiger partial charge on any atom is 0.154 e. The third-order valence-electron chi connectivity index (χ3n) is 3.68. The van der Waals surface area contributed by atoms with E-state index in [0.717, 1.165) is 11.4 Å². The molecule has 0 aliphatic carbocycles. The van der Waals surface area contributed by atoms with Crippen LogP contribution in [-0.4, -0.2) is 59.3 Å². The van der Waals surface area contributed by atoms with Gasteiger partial charge < -0.3 is 5.11 Å². The lowest BCUT2D eigenvalue weighted by Crippen LogP contribution is -2.40. The first-order chi connectivity index (χ1) is 9.08. The average Bonchev–Trinajstić information content (AvgIpc) is 2.82. The minimum Gasteiger partial charge on any atom is -0.390 e. The Bertz CT molecular complexity index is 574. The maximum atomic E-state index is 11.5. The van der Waals surface area contributed by atoms with Crippen LogP contribution in [0.1, 0.15) is 32.2 Å². The number of nitrogens with one attached hydrogen (secondary N) is 1. The van der Waals surface area contributed by atoms with Gasteiger partial charge in [-0.05, 0) is 13.1 Å². The van der Waals surface area contributed by atoms with E-state index in [1.54, 1.807) is 0 Å². The average molecular weight is 301 g/mol. The number of hydrogen-bond donors (Lipinski definition) is 2. The molecule has 0 bridgehead atoms. The molecule has 114 valence electrons. The molecule has 0 unspecified atom stereocenters. The number of hydrogen-bond acceptors (Lipinski definition) is 5. The molecule has 1 aromatic rings. The molecule has 0 radical (unpaired) electrons. The monoisotopic (exact) mass is 301 g/mol. The fourth-order valence-electron chi connectivity index (χ4n) is 2.44. The summed E-state index contributed by atoms with van der Waals surface area (Å²) in [6, 6.07) is 1.65. The van der Waals surface area contributed by atoms with Gasteiger partial charge in [-0.25, -0.2) is 8.42 Å². The van der Waals surface area contributed by atoms with E-state index >= 15 is 0 Å². The lowest BCUT2D eigenvalue weighted by atomic mass is 9.92. The van der Waals surface area contributed by atoms with Crippen LogP contribution >= 0.6 is 0 Å². The summed E-state index contributed by atoms with van der Waals surface area (Å²) in [7, 11) is -1.29. The molecule has 1 aliphatic rings. The van der Waals surface area contributed by atoms with Crippen molar-refractivity contribution in [3.63, 3.8) is 0 Å². The SMILES string of the molecule is CN(Cc1cc(C(C)(C)C)n[nH]1)[C@@H]1CS(=O)(=O)C[C@H]1O. The Kier molecular flexibility index (Phi) is 3.96. The van der Waals surface area contributed by atoms with E-state index in [9.17, 15) is 13.5 Å². The van der Waals surface area contributed by atoms with Crippen LogP contribution in [0.3, 0.4) is 0 Å². The van der Waals surface area contributed by atoms with Crippen LogP contribution in [0.4, 0.5) is 0 Å². The summed E-state index contributed by atoms with van der Waals surface area (Å²) in [6.45, 7) is 6.80. The van der Waals surface area contributed by atoms with Crippen molar-refractivity contribution in [1.29, 1.82) is 0 Å². The van der Waals surface area contributed by atoms with Gasteiger partial charge in [0.05, 0.1) is 29.3 Å². The predicted molar refractivity (Wildman–Crippen MR) is 77.2 cm³/mol. The fourth-order valence-corrected chi connectivity index (χ4v) is 4.32. The highest BCUT2D eigenvalue weighted by Crippen LogP contribution is 2.22. The van der Waals surface area contributed by atoms with Gasteiger partial charge in [-0.15, -0.1) is 0 Å². The number of aliphatic hydroxyl groups excluding tert-OH is 1. The zero-order valence-corrected chi connectivity index (χ0v) is 13.2. The van der Waals surface area contributed by atoms with Crippen molar-refractivity contribution in [3.05, 3.63) is 17.5 Å². The summed E-state index contributed by atoms with van der Waals surface area (Å²) < 4.78 is 23.1. The number of sulfone groups is 1. The van der Waals surface area contributed by atoms with Gasteiger partial charge in [0.25, 0.3) is 0 Å². The largest absolute Gasteiger partial charge is 0.390 e. The first-order valence-corrected chi connectivity index (χ1v) is 8.54. The Hall–Kier alpha value is -0.920. The van der Waals surface area contributed by atoms with Gasteiger partial charge in [-0.1, -0.05) is 20.8 Å². The van der Waals surface area contributed by atoms with E-state index in [1.807, 2.05) is 18.0 Å². The molecule has 2 N–H and O–H groups in total. The van der Waals surface area contributed by atoms with Crippen molar-refractivity contribution in [2.24, 2.45) is 0 Å².